The van der Waals surface area contributed by atoms with Gasteiger partial charge < -0.3 is 5.11 Å². The lowest BCUT2D eigenvalue weighted by atomic mass is 9.91. The fourth-order valence-electron chi connectivity index (χ4n) is 2.21. The number of rotatable bonds is 4. The van der Waals surface area contributed by atoms with Crippen LogP contribution >= 0.6 is 0 Å². The number of aliphatic hydroxyl groups is 1. The Balaban J connectivity index is 2.05. The first kappa shape index (κ1) is 12.9. The summed E-state index contributed by atoms with van der Waals surface area (Å²) in [7, 11) is 0. The molecule has 98 valence electrons. The number of likely N-dealkylation sites (tertiary alicyclic amines) is 1. The minimum Gasteiger partial charge on any atom is -0.387 e. The van der Waals surface area contributed by atoms with Crippen LogP contribution in [0.5, 0.6) is 0 Å². The Morgan fingerprint density at radius 3 is 2.72 bits per heavy atom. The van der Waals surface area contributed by atoms with Crippen molar-refractivity contribution >= 4 is 5.69 Å². The molecule has 0 aromatic heterocycles. The topological polar surface area (TPSA) is 66.6 Å². The average molecular weight is 254 g/mol. The molecule has 1 heterocycles. The third-order valence-corrected chi connectivity index (χ3v) is 3.25. The Morgan fingerprint density at radius 2 is 2.17 bits per heavy atom. The van der Waals surface area contributed by atoms with Gasteiger partial charge in [-0.1, -0.05) is 6.92 Å². The molecule has 0 bridgehead atoms. The fourth-order valence-corrected chi connectivity index (χ4v) is 2.21. The molecule has 1 N–H and O–H groups in total. The number of benzene rings is 1. The van der Waals surface area contributed by atoms with E-state index in [0.29, 0.717) is 31.6 Å². The molecule has 1 aliphatic heterocycles. The standard InChI is InChI=1S/C12H15FN2O3/c1-2-12(16)7-14(8-12)6-9-3-10(13)5-11(4-9)15(17)18/h3-5,16H,2,6-8H2,1H3. The highest BCUT2D eigenvalue weighted by Crippen LogP contribution is 2.26. The molecule has 6 heteroatoms. The molecule has 1 aromatic rings. The molecule has 1 aromatic carbocycles. The van der Waals surface area contributed by atoms with Gasteiger partial charge in [0.1, 0.15) is 5.82 Å². The molecule has 0 unspecified atom stereocenters. The lowest BCUT2D eigenvalue weighted by Crippen LogP contribution is -2.60. The van der Waals surface area contributed by atoms with Crippen molar-refractivity contribution < 1.29 is 14.4 Å². The third kappa shape index (κ3) is 2.65. The second-order valence-electron chi connectivity index (χ2n) is 4.80. The summed E-state index contributed by atoms with van der Waals surface area (Å²) in [5.74, 6) is -0.606. The average Bonchev–Trinajstić information content (AvgIpc) is 2.25. The van der Waals surface area contributed by atoms with E-state index in [1.54, 1.807) is 0 Å². The van der Waals surface area contributed by atoms with Crippen molar-refractivity contribution in [1.82, 2.24) is 4.90 Å². The molecule has 18 heavy (non-hydrogen) atoms. The predicted octanol–water partition coefficient (Wildman–Crippen LogP) is 1.69. The van der Waals surface area contributed by atoms with Crippen LogP contribution < -0.4 is 0 Å². The first-order valence-electron chi connectivity index (χ1n) is 5.80. The Morgan fingerprint density at radius 1 is 1.50 bits per heavy atom. The maximum Gasteiger partial charge on any atom is 0.272 e. The van der Waals surface area contributed by atoms with Gasteiger partial charge in [-0.05, 0) is 18.1 Å². The van der Waals surface area contributed by atoms with Crippen LogP contribution in [-0.2, 0) is 6.54 Å². The molecule has 1 saturated heterocycles. The molecular weight excluding hydrogens is 239 g/mol. The van der Waals surface area contributed by atoms with Crippen molar-refractivity contribution in [1.29, 1.82) is 0 Å². The molecule has 0 radical (unpaired) electrons. The summed E-state index contributed by atoms with van der Waals surface area (Å²) in [4.78, 5) is 11.9. The van der Waals surface area contributed by atoms with Crippen molar-refractivity contribution in [2.75, 3.05) is 13.1 Å². The van der Waals surface area contributed by atoms with E-state index in [0.717, 1.165) is 6.07 Å². The molecule has 5 nitrogen and oxygen atoms in total. The molecule has 1 aliphatic rings. The zero-order chi connectivity index (χ0) is 13.3. The van der Waals surface area contributed by atoms with Crippen molar-refractivity contribution in [3.63, 3.8) is 0 Å². The normalized spacial score (nSPS) is 18.4. The third-order valence-electron chi connectivity index (χ3n) is 3.25. The van der Waals surface area contributed by atoms with Crippen LogP contribution in [0.2, 0.25) is 0 Å². The molecule has 0 spiro atoms. The quantitative estimate of drug-likeness (QED) is 0.656. The largest absolute Gasteiger partial charge is 0.387 e. The van der Waals surface area contributed by atoms with Gasteiger partial charge in [-0.15, -0.1) is 0 Å². The van der Waals surface area contributed by atoms with Gasteiger partial charge >= 0.3 is 0 Å². The first-order chi connectivity index (χ1) is 8.42. The van der Waals surface area contributed by atoms with Crippen LogP contribution in [0.15, 0.2) is 18.2 Å². The fraction of sp³-hybridized carbons (Fsp3) is 0.500. The van der Waals surface area contributed by atoms with Gasteiger partial charge in [0, 0.05) is 25.7 Å². The van der Waals surface area contributed by atoms with Crippen molar-refractivity contribution in [3.8, 4) is 0 Å². The van der Waals surface area contributed by atoms with E-state index in [4.69, 9.17) is 0 Å². The number of nitrogens with zero attached hydrogens (tertiary/aromatic N) is 2. The highest BCUT2D eigenvalue weighted by atomic mass is 19.1. The van der Waals surface area contributed by atoms with Crippen LogP contribution in [0.3, 0.4) is 0 Å². The van der Waals surface area contributed by atoms with Crippen molar-refractivity contribution in [2.45, 2.75) is 25.5 Å². The number of nitro groups is 1. The number of hydrogen-bond acceptors (Lipinski definition) is 4. The maximum atomic E-state index is 13.2. The Hall–Kier alpha value is -1.53. The monoisotopic (exact) mass is 254 g/mol. The second-order valence-corrected chi connectivity index (χ2v) is 4.80. The Kier molecular flexibility index (Phi) is 3.32. The highest BCUT2D eigenvalue weighted by molar-refractivity contribution is 5.35. The van der Waals surface area contributed by atoms with Crippen LogP contribution in [0, 0.1) is 15.9 Å². The zero-order valence-electron chi connectivity index (χ0n) is 10.1. The Bertz CT molecular complexity index is 472. The molecule has 0 saturated carbocycles. The lowest BCUT2D eigenvalue weighted by molar-refractivity contribution is -0.385. The van der Waals surface area contributed by atoms with Crippen molar-refractivity contribution in [2.24, 2.45) is 0 Å². The minimum absolute atomic E-state index is 0.240. The van der Waals surface area contributed by atoms with Gasteiger partial charge in [0.25, 0.3) is 5.69 Å². The molecular formula is C12H15FN2O3. The predicted molar refractivity (Wildman–Crippen MR) is 63.6 cm³/mol. The lowest BCUT2D eigenvalue weighted by Gasteiger charge is -2.46. The van der Waals surface area contributed by atoms with Gasteiger partial charge in [-0.2, -0.15) is 0 Å². The molecule has 2 rings (SSSR count). The van der Waals surface area contributed by atoms with Crippen molar-refractivity contribution in [3.05, 3.63) is 39.7 Å². The summed E-state index contributed by atoms with van der Waals surface area (Å²) in [6, 6.07) is 3.56. The molecule has 0 atom stereocenters. The van der Waals surface area contributed by atoms with Crippen LogP contribution in [-0.4, -0.2) is 33.6 Å². The van der Waals surface area contributed by atoms with Gasteiger partial charge in [0.15, 0.2) is 0 Å². The van der Waals surface area contributed by atoms with Crippen LogP contribution in [0.25, 0.3) is 0 Å². The van der Waals surface area contributed by atoms with Gasteiger partial charge in [-0.3, -0.25) is 15.0 Å². The summed E-state index contributed by atoms with van der Waals surface area (Å²) in [6.07, 6.45) is 0.673. The van der Waals surface area contributed by atoms with E-state index < -0.39 is 16.3 Å². The number of hydrogen-bond donors (Lipinski definition) is 1. The summed E-state index contributed by atoms with van der Waals surface area (Å²) in [5.41, 5.74) is -0.338. The molecule has 1 fully saturated rings. The maximum absolute atomic E-state index is 13.2. The van der Waals surface area contributed by atoms with E-state index in [1.165, 1.54) is 12.1 Å². The number of non-ortho nitro benzene ring substituents is 1. The summed E-state index contributed by atoms with van der Waals surface area (Å²) in [6.45, 7) is 3.37. The van der Waals surface area contributed by atoms with E-state index in [-0.39, 0.29) is 5.69 Å². The number of β-amino-alcohol motifs (C(OH)–C–C–N with tert-alkyl or cyclic N) is 1. The van der Waals surface area contributed by atoms with Gasteiger partial charge in [0.05, 0.1) is 16.6 Å². The number of nitro benzene ring substituents is 1. The van der Waals surface area contributed by atoms with E-state index in [9.17, 15) is 19.6 Å². The summed E-state index contributed by atoms with van der Waals surface area (Å²) >= 11 is 0. The summed E-state index contributed by atoms with van der Waals surface area (Å²) in [5, 5.41) is 20.5. The van der Waals surface area contributed by atoms with E-state index in [2.05, 4.69) is 0 Å². The zero-order valence-corrected chi connectivity index (χ0v) is 10.1. The van der Waals surface area contributed by atoms with E-state index in [1.807, 2.05) is 11.8 Å². The highest BCUT2D eigenvalue weighted by Gasteiger charge is 2.39. The smallest absolute Gasteiger partial charge is 0.272 e. The molecule has 0 aliphatic carbocycles. The SMILES string of the molecule is CCC1(O)CN(Cc2cc(F)cc([N+](=O)[O-])c2)C1. The van der Waals surface area contributed by atoms with Gasteiger partial charge in [0.2, 0.25) is 0 Å². The summed E-state index contributed by atoms with van der Waals surface area (Å²) < 4.78 is 13.2. The van der Waals surface area contributed by atoms with Crippen LogP contribution in [0.4, 0.5) is 10.1 Å². The van der Waals surface area contributed by atoms with Gasteiger partial charge in [-0.25, -0.2) is 4.39 Å². The van der Waals surface area contributed by atoms with E-state index >= 15 is 0 Å². The first-order valence-corrected chi connectivity index (χ1v) is 5.80. The Labute approximate surface area is 104 Å². The minimum atomic E-state index is -0.654. The van der Waals surface area contributed by atoms with Crippen LogP contribution in [0.1, 0.15) is 18.9 Å². The number of halogens is 1. The second kappa shape index (κ2) is 4.62. The molecule has 0 amide bonds.